The van der Waals surface area contributed by atoms with Crippen LogP contribution < -0.4 is 11.0 Å². The number of aliphatic hydroxyl groups excluding tert-OH is 1. The molecule has 0 heterocycles. The summed E-state index contributed by atoms with van der Waals surface area (Å²) < 4.78 is 23.5. The number of rotatable bonds is 8. The van der Waals surface area contributed by atoms with Gasteiger partial charge in [0.1, 0.15) is 0 Å². The maximum atomic E-state index is 12.8. The van der Waals surface area contributed by atoms with E-state index in [4.69, 9.17) is 19.9 Å². The van der Waals surface area contributed by atoms with E-state index in [1.807, 2.05) is 13.0 Å². The molecule has 0 amide bonds. The second-order valence-corrected chi connectivity index (χ2v) is 7.23. The molecule has 1 aromatic rings. The van der Waals surface area contributed by atoms with Crippen molar-refractivity contribution in [2.24, 2.45) is 0 Å². The smallest absolute Gasteiger partial charge is 0.363 e. The molecule has 0 saturated carbocycles. The maximum absolute atomic E-state index is 12.8. The average Bonchev–Trinajstić information content (AvgIpc) is 2.39. The number of aliphatic hydroxyl groups is 1. The molecule has 0 radical (unpaired) electrons. The van der Waals surface area contributed by atoms with Gasteiger partial charge in [-0.3, -0.25) is 4.57 Å². The normalized spacial score (nSPS) is 11.8. The summed E-state index contributed by atoms with van der Waals surface area (Å²) in [6, 6.07) is 3.64. The molecule has 114 valence electrons. The lowest BCUT2D eigenvalue weighted by Crippen LogP contribution is -2.16. The minimum absolute atomic E-state index is 0.0575. The molecule has 1 rings (SSSR count). The SMILES string of the molecule is CCOP(=O)(OCC)c1cc(C)cc(SCCO)c1N. The number of anilines is 1. The van der Waals surface area contributed by atoms with Gasteiger partial charge in [-0.05, 0) is 38.5 Å². The van der Waals surface area contributed by atoms with Crippen LogP contribution in [0.1, 0.15) is 19.4 Å². The van der Waals surface area contributed by atoms with Crippen LogP contribution >= 0.6 is 19.4 Å². The van der Waals surface area contributed by atoms with E-state index in [9.17, 15) is 4.57 Å². The van der Waals surface area contributed by atoms with E-state index in [0.717, 1.165) is 10.5 Å². The maximum Gasteiger partial charge on any atom is 0.363 e. The topological polar surface area (TPSA) is 81.8 Å². The Morgan fingerprint density at radius 3 is 2.40 bits per heavy atom. The summed E-state index contributed by atoms with van der Waals surface area (Å²) in [5.74, 6) is 0.528. The van der Waals surface area contributed by atoms with Crippen LogP contribution in [0.2, 0.25) is 0 Å². The highest BCUT2D eigenvalue weighted by molar-refractivity contribution is 7.99. The Morgan fingerprint density at radius 1 is 1.30 bits per heavy atom. The second-order valence-electron chi connectivity index (χ2n) is 4.10. The van der Waals surface area contributed by atoms with Crippen molar-refractivity contribution in [1.82, 2.24) is 0 Å². The zero-order chi connectivity index (χ0) is 15.2. The van der Waals surface area contributed by atoms with Crippen LogP contribution in [0.4, 0.5) is 5.69 Å². The minimum Gasteiger partial charge on any atom is -0.397 e. The molecule has 0 spiro atoms. The van der Waals surface area contributed by atoms with Crippen molar-refractivity contribution in [2.45, 2.75) is 25.7 Å². The molecule has 1 aromatic carbocycles. The zero-order valence-electron chi connectivity index (χ0n) is 12.1. The number of hydrogen-bond acceptors (Lipinski definition) is 6. The molecule has 0 aliphatic rings. The summed E-state index contributed by atoms with van der Waals surface area (Å²) in [6.45, 7) is 6.04. The van der Waals surface area contributed by atoms with E-state index in [1.165, 1.54) is 11.8 Å². The summed E-state index contributed by atoms with van der Waals surface area (Å²) in [5, 5.41) is 9.32. The van der Waals surface area contributed by atoms with Gasteiger partial charge in [0.2, 0.25) is 0 Å². The molecule has 20 heavy (non-hydrogen) atoms. The second kappa shape index (κ2) is 8.05. The molecule has 0 saturated heterocycles. The molecule has 0 aliphatic heterocycles. The van der Waals surface area contributed by atoms with Gasteiger partial charge in [0.15, 0.2) is 0 Å². The molecule has 3 N–H and O–H groups in total. The third-order valence-corrected chi connectivity index (χ3v) is 5.70. The van der Waals surface area contributed by atoms with E-state index in [1.54, 1.807) is 19.9 Å². The lowest BCUT2D eigenvalue weighted by molar-refractivity contribution is 0.230. The average molecular weight is 319 g/mol. The van der Waals surface area contributed by atoms with Gasteiger partial charge in [0, 0.05) is 10.6 Å². The van der Waals surface area contributed by atoms with Crippen molar-refractivity contribution in [3.63, 3.8) is 0 Å². The molecule has 0 unspecified atom stereocenters. The van der Waals surface area contributed by atoms with E-state index < -0.39 is 7.60 Å². The van der Waals surface area contributed by atoms with Crippen LogP contribution in [0.15, 0.2) is 17.0 Å². The molecule has 0 fully saturated rings. The Kier molecular flexibility index (Phi) is 7.06. The van der Waals surface area contributed by atoms with Crippen LogP contribution in [-0.2, 0) is 13.6 Å². The van der Waals surface area contributed by atoms with E-state index in [-0.39, 0.29) is 19.8 Å². The van der Waals surface area contributed by atoms with Crippen molar-refractivity contribution in [3.05, 3.63) is 17.7 Å². The Hall–Kier alpha value is -0.520. The lowest BCUT2D eigenvalue weighted by Gasteiger charge is -2.20. The van der Waals surface area contributed by atoms with Gasteiger partial charge in [-0.1, -0.05) is 0 Å². The Bertz CT molecular complexity index is 486. The third kappa shape index (κ3) is 4.24. The minimum atomic E-state index is -3.40. The largest absolute Gasteiger partial charge is 0.397 e. The van der Waals surface area contributed by atoms with E-state index in [0.29, 0.717) is 16.7 Å². The number of nitrogen functional groups attached to an aromatic ring is 1. The van der Waals surface area contributed by atoms with E-state index in [2.05, 4.69) is 0 Å². The zero-order valence-corrected chi connectivity index (χ0v) is 13.8. The van der Waals surface area contributed by atoms with Gasteiger partial charge in [0.05, 0.1) is 30.8 Å². The van der Waals surface area contributed by atoms with Gasteiger partial charge >= 0.3 is 7.60 Å². The van der Waals surface area contributed by atoms with Crippen molar-refractivity contribution >= 4 is 30.3 Å². The highest BCUT2D eigenvalue weighted by Gasteiger charge is 2.30. The fraction of sp³-hybridized carbons (Fsp3) is 0.538. The van der Waals surface area contributed by atoms with Gasteiger partial charge in [-0.15, -0.1) is 11.8 Å². The van der Waals surface area contributed by atoms with Crippen molar-refractivity contribution in [1.29, 1.82) is 0 Å². The summed E-state index contributed by atoms with van der Waals surface area (Å²) in [5.41, 5.74) is 7.43. The van der Waals surface area contributed by atoms with Crippen molar-refractivity contribution in [3.8, 4) is 0 Å². The highest BCUT2D eigenvalue weighted by atomic mass is 32.2. The molecular formula is C13H22NO4PS. The highest BCUT2D eigenvalue weighted by Crippen LogP contribution is 2.49. The standard InChI is InChI=1S/C13H22NO4PS/c1-4-17-19(16,18-5-2)11-8-10(3)9-12(13(11)14)20-7-6-15/h8-9,15H,4-7,14H2,1-3H3. The molecule has 5 nitrogen and oxygen atoms in total. The van der Waals surface area contributed by atoms with Crippen molar-refractivity contribution < 1.29 is 18.7 Å². The lowest BCUT2D eigenvalue weighted by atomic mass is 10.2. The van der Waals surface area contributed by atoms with Gasteiger partial charge in [0.25, 0.3) is 0 Å². The fourth-order valence-electron chi connectivity index (χ4n) is 1.76. The number of hydrogen-bond donors (Lipinski definition) is 2. The van der Waals surface area contributed by atoms with Crippen LogP contribution in [-0.4, -0.2) is 30.7 Å². The first-order valence-corrected chi connectivity index (χ1v) is 9.04. The summed E-state index contributed by atoms with van der Waals surface area (Å²) >= 11 is 1.42. The number of thioether (sulfide) groups is 1. The van der Waals surface area contributed by atoms with Gasteiger partial charge in [-0.2, -0.15) is 0 Å². The molecule has 7 heteroatoms. The summed E-state index contributed by atoms with van der Waals surface area (Å²) in [4.78, 5) is 0.786. The van der Waals surface area contributed by atoms with Gasteiger partial charge < -0.3 is 19.9 Å². The Labute approximate surface area is 124 Å². The van der Waals surface area contributed by atoms with Crippen LogP contribution in [0.25, 0.3) is 0 Å². The Morgan fingerprint density at radius 2 is 1.90 bits per heavy atom. The fourth-order valence-corrected chi connectivity index (χ4v) is 4.50. The Balaban J connectivity index is 3.27. The molecule has 0 bridgehead atoms. The molecule has 0 atom stereocenters. The van der Waals surface area contributed by atoms with Crippen LogP contribution in [0.3, 0.4) is 0 Å². The van der Waals surface area contributed by atoms with Gasteiger partial charge in [-0.25, -0.2) is 0 Å². The summed E-state index contributed by atoms with van der Waals surface area (Å²) in [6.07, 6.45) is 0. The molecule has 0 aliphatic carbocycles. The van der Waals surface area contributed by atoms with Crippen LogP contribution in [0.5, 0.6) is 0 Å². The van der Waals surface area contributed by atoms with Crippen molar-refractivity contribution in [2.75, 3.05) is 31.3 Å². The first kappa shape index (κ1) is 17.5. The number of nitrogens with two attached hydrogens (primary N) is 1. The first-order chi connectivity index (χ1) is 9.48. The predicted octanol–water partition coefficient (Wildman–Crippen LogP) is 2.55. The summed E-state index contributed by atoms with van der Waals surface area (Å²) in [7, 11) is -3.40. The van der Waals surface area contributed by atoms with E-state index >= 15 is 0 Å². The third-order valence-electron chi connectivity index (χ3n) is 2.51. The first-order valence-electron chi connectivity index (χ1n) is 6.52. The molecule has 0 aromatic heterocycles. The number of benzene rings is 1. The number of aryl methyl sites for hydroxylation is 1. The van der Waals surface area contributed by atoms with Crippen LogP contribution in [0, 0.1) is 6.92 Å². The monoisotopic (exact) mass is 319 g/mol. The molecular weight excluding hydrogens is 297 g/mol. The quantitative estimate of drug-likeness (QED) is 0.435. The predicted molar refractivity (Wildman–Crippen MR) is 83.9 cm³/mol.